The lowest BCUT2D eigenvalue weighted by atomic mass is 10.1. The lowest BCUT2D eigenvalue weighted by molar-refractivity contribution is 0.0949. The highest BCUT2D eigenvalue weighted by Gasteiger charge is 2.13. The van der Waals surface area contributed by atoms with E-state index in [9.17, 15) is 14.0 Å². The minimum Gasteiger partial charge on any atom is -0.350 e. The maximum Gasteiger partial charge on any atom is 0.274 e. The Morgan fingerprint density at radius 3 is 2.38 bits per heavy atom. The molecule has 0 spiro atoms. The third kappa shape index (κ3) is 5.25. The van der Waals surface area contributed by atoms with E-state index >= 15 is 0 Å². The Balaban J connectivity index is 1.63. The number of nitrogens with zero attached hydrogens (tertiary/aromatic N) is 1. The topological polar surface area (TPSA) is 71.1 Å². The van der Waals surface area contributed by atoms with Crippen molar-refractivity contribution in [1.82, 2.24) is 10.3 Å². The number of aromatic nitrogens is 1. The summed E-state index contributed by atoms with van der Waals surface area (Å²) in [6.07, 6.45) is 0.366. The van der Waals surface area contributed by atoms with E-state index in [0.29, 0.717) is 17.7 Å². The second kappa shape index (κ2) is 9.10. The largest absolute Gasteiger partial charge is 0.350 e. The second-order valence-electron chi connectivity index (χ2n) is 6.78. The van der Waals surface area contributed by atoms with Gasteiger partial charge in [-0.05, 0) is 55.7 Å². The number of rotatable bonds is 6. The molecule has 6 heteroatoms. The van der Waals surface area contributed by atoms with Crippen LogP contribution in [0.3, 0.4) is 0 Å². The van der Waals surface area contributed by atoms with Gasteiger partial charge in [0.2, 0.25) is 0 Å². The van der Waals surface area contributed by atoms with Crippen molar-refractivity contribution < 1.29 is 14.0 Å². The second-order valence-corrected chi connectivity index (χ2v) is 6.78. The molecule has 2 aromatic carbocycles. The van der Waals surface area contributed by atoms with Crippen molar-refractivity contribution in [3.8, 4) is 0 Å². The average Bonchev–Trinajstić information content (AvgIpc) is 2.71. The molecule has 29 heavy (non-hydrogen) atoms. The number of pyridine rings is 1. The van der Waals surface area contributed by atoms with Gasteiger partial charge >= 0.3 is 0 Å². The zero-order valence-electron chi connectivity index (χ0n) is 16.3. The molecule has 0 aliphatic heterocycles. The molecule has 1 heterocycles. The van der Waals surface area contributed by atoms with Crippen LogP contribution in [0.25, 0.3) is 0 Å². The van der Waals surface area contributed by atoms with E-state index in [4.69, 9.17) is 0 Å². The van der Waals surface area contributed by atoms with Crippen LogP contribution in [0.2, 0.25) is 0 Å². The van der Waals surface area contributed by atoms with Crippen LogP contribution in [0, 0.1) is 19.7 Å². The molecule has 2 amide bonds. The molecule has 3 rings (SSSR count). The first-order valence-electron chi connectivity index (χ1n) is 9.31. The fourth-order valence-electron chi connectivity index (χ4n) is 2.93. The smallest absolute Gasteiger partial charge is 0.274 e. The number of nitrogens with one attached hydrogen (secondary N) is 2. The Hall–Kier alpha value is -3.54. The van der Waals surface area contributed by atoms with Crippen molar-refractivity contribution in [3.63, 3.8) is 0 Å². The van der Waals surface area contributed by atoms with Crippen LogP contribution in [0.5, 0.6) is 0 Å². The molecule has 0 aliphatic rings. The van der Waals surface area contributed by atoms with Gasteiger partial charge in [0.1, 0.15) is 17.2 Å². The van der Waals surface area contributed by atoms with E-state index in [1.54, 1.807) is 30.3 Å². The highest BCUT2D eigenvalue weighted by molar-refractivity contribution is 6.04. The molecule has 0 bridgehead atoms. The molecule has 148 valence electrons. The molecule has 5 nitrogen and oxygen atoms in total. The molecular formula is C23H22FN3O2. The van der Waals surface area contributed by atoms with Gasteiger partial charge < -0.3 is 10.6 Å². The summed E-state index contributed by atoms with van der Waals surface area (Å²) < 4.78 is 13.6. The SMILES string of the molecule is Cc1ccc(NC(=O)c2cccc(C(=O)NCCc3ccccc3F)n2)c(C)c1. The maximum atomic E-state index is 13.6. The lowest BCUT2D eigenvalue weighted by Crippen LogP contribution is -2.27. The monoisotopic (exact) mass is 391 g/mol. The standard InChI is InChI=1S/C23H22FN3O2/c1-15-10-11-19(16(2)14-15)27-23(29)21-9-5-8-20(26-21)22(28)25-13-12-17-6-3-4-7-18(17)24/h3-11,14H,12-13H2,1-2H3,(H,25,28)(H,27,29). The first-order valence-corrected chi connectivity index (χ1v) is 9.31. The summed E-state index contributed by atoms with van der Waals surface area (Å²) in [6.45, 7) is 4.16. The highest BCUT2D eigenvalue weighted by atomic mass is 19.1. The predicted octanol–water partition coefficient (Wildman–Crippen LogP) is 4.06. The minimum atomic E-state index is -0.414. The van der Waals surface area contributed by atoms with Gasteiger partial charge in [-0.3, -0.25) is 9.59 Å². The van der Waals surface area contributed by atoms with Gasteiger partial charge in [0.25, 0.3) is 11.8 Å². The van der Waals surface area contributed by atoms with E-state index in [-0.39, 0.29) is 23.7 Å². The van der Waals surface area contributed by atoms with E-state index in [0.717, 1.165) is 11.1 Å². The Morgan fingerprint density at radius 2 is 1.66 bits per heavy atom. The fourth-order valence-corrected chi connectivity index (χ4v) is 2.93. The number of carbonyl (C=O) groups is 2. The molecule has 0 atom stereocenters. The molecule has 3 aromatic rings. The predicted molar refractivity (Wildman–Crippen MR) is 111 cm³/mol. The summed E-state index contributed by atoms with van der Waals surface area (Å²) in [5.41, 5.74) is 3.55. The Kier molecular flexibility index (Phi) is 6.34. The third-order valence-corrected chi connectivity index (χ3v) is 4.48. The fraction of sp³-hybridized carbons (Fsp3) is 0.174. The van der Waals surface area contributed by atoms with Crippen LogP contribution in [-0.4, -0.2) is 23.3 Å². The molecule has 1 aromatic heterocycles. The zero-order chi connectivity index (χ0) is 20.8. The Morgan fingerprint density at radius 1 is 0.931 bits per heavy atom. The summed E-state index contributed by atoms with van der Waals surface area (Å²) in [5, 5.41) is 5.52. The molecule has 0 saturated heterocycles. The summed E-state index contributed by atoms with van der Waals surface area (Å²) in [6, 6.07) is 16.8. The van der Waals surface area contributed by atoms with Crippen LogP contribution < -0.4 is 10.6 Å². The number of halogens is 1. The summed E-state index contributed by atoms with van der Waals surface area (Å²) in [7, 11) is 0. The van der Waals surface area contributed by atoms with Crippen molar-refractivity contribution in [1.29, 1.82) is 0 Å². The van der Waals surface area contributed by atoms with Crippen LogP contribution >= 0.6 is 0 Å². The number of hydrogen-bond acceptors (Lipinski definition) is 3. The normalized spacial score (nSPS) is 10.4. The first-order chi connectivity index (χ1) is 13.9. The van der Waals surface area contributed by atoms with E-state index < -0.39 is 11.8 Å². The number of amides is 2. The number of carbonyl (C=O) groups excluding carboxylic acids is 2. The van der Waals surface area contributed by atoms with Gasteiger partial charge in [-0.25, -0.2) is 9.37 Å². The van der Waals surface area contributed by atoms with Gasteiger partial charge in [0, 0.05) is 12.2 Å². The molecule has 0 saturated carbocycles. The number of hydrogen-bond donors (Lipinski definition) is 2. The van der Waals surface area contributed by atoms with Gasteiger partial charge in [0.05, 0.1) is 0 Å². The van der Waals surface area contributed by atoms with Crippen molar-refractivity contribution in [2.24, 2.45) is 0 Å². The van der Waals surface area contributed by atoms with Gasteiger partial charge in [0.15, 0.2) is 0 Å². The average molecular weight is 391 g/mol. The molecule has 2 N–H and O–H groups in total. The molecule has 0 radical (unpaired) electrons. The number of benzene rings is 2. The quantitative estimate of drug-likeness (QED) is 0.666. The van der Waals surface area contributed by atoms with Crippen molar-refractivity contribution >= 4 is 17.5 Å². The highest BCUT2D eigenvalue weighted by Crippen LogP contribution is 2.17. The number of aryl methyl sites for hydroxylation is 2. The minimum absolute atomic E-state index is 0.131. The number of anilines is 1. The summed E-state index contributed by atoms with van der Waals surface area (Å²) in [5.74, 6) is -1.11. The van der Waals surface area contributed by atoms with Crippen molar-refractivity contribution in [3.05, 3.63) is 94.6 Å². The van der Waals surface area contributed by atoms with E-state index in [2.05, 4.69) is 15.6 Å². The van der Waals surface area contributed by atoms with Crippen LogP contribution in [0.1, 0.15) is 37.7 Å². The van der Waals surface area contributed by atoms with Gasteiger partial charge in [-0.15, -0.1) is 0 Å². The summed E-state index contributed by atoms with van der Waals surface area (Å²) >= 11 is 0. The Bertz CT molecular complexity index is 1050. The van der Waals surface area contributed by atoms with Crippen molar-refractivity contribution in [2.75, 3.05) is 11.9 Å². The van der Waals surface area contributed by atoms with Gasteiger partial charge in [-0.2, -0.15) is 0 Å². The maximum absolute atomic E-state index is 13.6. The zero-order valence-corrected chi connectivity index (χ0v) is 16.3. The van der Waals surface area contributed by atoms with Crippen LogP contribution in [0.15, 0.2) is 60.7 Å². The lowest BCUT2D eigenvalue weighted by Gasteiger charge is -2.10. The molecular weight excluding hydrogens is 369 g/mol. The van der Waals surface area contributed by atoms with Gasteiger partial charge in [-0.1, -0.05) is 42.0 Å². The Labute approximate surface area is 169 Å². The van der Waals surface area contributed by atoms with E-state index in [1.807, 2.05) is 32.0 Å². The third-order valence-electron chi connectivity index (χ3n) is 4.48. The van der Waals surface area contributed by atoms with Crippen molar-refractivity contribution in [2.45, 2.75) is 20.3 Å². The van der Waals surface area contributed by atoms with E-state index in [1.165, 1.54) is 12.1 Å². The molecule has 0 unspecified atom stereocenters. The molecule has 0 aliphatic carbocycles. The molecule has 0 fully saturated rings. The first kappa shape index (κ1) is 20.2. The van der Waals surface area contributed by atoms with Crippen LogP contribution in [0.4, 0.5) is 10.1 Å². The summed E-state index contributed by atoms with van der Waals surface area (Å²) in [4.78, 5) is 29.0. The van der Waals surface area contributed by atoms with Crippen LogP contribution in [-0.2, 0) is 6.42 Å².